The first-order chi connectivity index (χ1) is 5.77. The first kappa shape index (κ1) is 8.05. The van der Waals surface area contributed by atoms with Gasteiger partial charge in [-0.3, -0.25) is 0 Å². The maximum atomic E-state index is 10.6. The predicted octanol–water partition coefficient (Wildman–Crippen LogP) is -1.37. The zero-order valence-corrected chi connectivity index (χ0v) is 7.16. The largest absolute Gasteiger partial charge is 0.544 e. The van der Waals surface area contributed by atoms with Gasteiger partial charge in [-0.15, -0.1) is 0 Å². The average molecular weight is 169 g/mol. The molecule has 1 saturated heterocycles. The fraction of sp³-hybridized carbons (Fsp3) is 0.889. The van der Waals surface area contributed by atoms with E-state index in [1.165, 1.54) is 25.7 Å². The molecule has 2 fully saturated rings. The van der Waals surface area contributed by atoms with E-state index in [0.717, 1.165) is 6.42 Å². The van der Waals surface area contributed by atoms with Crippen molar-refractivity contribution in [2.24, 2.45) is 5.92 Å². The average Bonchev–Trinajstić information content (AvgIpc) is 2.46. The van der Waals surface area contributed by atoms with E-state index in [0.29, 0.717) is 12.0 Å². The van der Waals surface area contributed by atoms with Gasteiger partial charge in [0.25, 0.3) is 0 Å². The zero-order valence-electron chi connectivity index (χ0n) is 7.16. The summed E-state index contributed by atoms with van der Waals surface area (Å²) in [6.45, 7) is 0. The lowest BCUT2D eigenvalue weighted by Gasteiger charge is -2.20. The van der Waals surface area contributed by atoms with Crippen LogP contribution in [0.25, 0.3) is 0 Å². The molecule has 2 N–H and O–H groups in total. The molecular weight excluding hydrogens is 154 g/mol. The van der Waals surface area contributed by atoms with Crippen LogP contribution in [-0.4, -0.2) is 18.1 Å². The van der Waals surface area contributed by atoms with Crippen LogP contribution in [0.2, 0.25) is 0 Å². The van der Waals surface area contributed by atoms with Gasteiger partial charge < -0.3 is 15.2 Å². The van der Waals surface area contributed by atoms with Crippen molar-refractivity contribution >= 4 is 5.97 Å². The topological polar surface area (TPSA) is 56.7 Å². The molecule has 3 atom stereocenters. The SMILES string of the molecule is O=C([O-])[C@H]1C[C@@H]2CCCC[C@H]2[NH2+]1. The Morgan fingerprint density at radius 3 is 2.75 bits per heavy atom. The highest BCUT2D eigenvalue weighted by atomic mass is 16.4. The molecule has 0 unspecified atom stereocenters. The summed E-state index contributed by atoms with van der Waals surface area (Å²) >= 11 is 0. The summed E-state index contributed by atoms with van der Waals surface area (Å²) in [4.78, 5) is 10.6. The van der Waals surface area contributed by atoms with Crippen LogP contribution >= 0.6 is 0 Å². The van der Waals surface area contributed by atoms with Crippen molar-refractivity contribution in [3.63, 3.8) is 0 Å². The van der Waals surface area contributed by atoms with Gasteiger partial charge in [0, 0.05) is 12.3 Å². The van der Waals surface area contributed by atoms with Crippen LogP contribution in [0.4, 0.5) is 0 Å². The van der Waals surface area contributed by atoms with Gasteiger partial charge in [0.2, 0.25) is 0 Å². The summed E-state index contributed by atoms with van der Waals surface area (Å²) < 4.78 is 0. The number of hydrogen-bond donors (Lipinski definition) is 1. The van der Waals surface area contributed by atoms with E-state index in [9.17, 15) is 9.90 Å². The molecule has 1 saturated carbocycles. The molecule has 0 radical (unpaired) electrons. The maximum absolute atomic E-state index is 10.6. The van der Waals surface area contributed by atoms with Crippen molar-refractivity contribution in [1.29, 1.82) is 0 Å². The molecule has 2 rings (SSSR count). The molecule has 1 heterocycles. The van der Waals surface area contributed by atoms with Gasteiger partial charge in [-0.2, -0.15) is 0 Å². The molecule has 1 aliphatic heterocycles. The molecule has 12 heavy (non-hydrogen) atoms. The molecule has 0 amide bonds. The molecule has 0 spiro atoms. The number of fused-ring (bicyclic) bond motifs is 1. The number of rotatable bonds is 1. The summed E-state index contributed by atoms with van der Waals surface area (Å²) in [5.41, 5.74) is 0. The van der Waals surface area contributed by atoms with E-state index < -0.39 is 5.97 Å². The van der Waals surface area contributed by atoms with Crippen LogP contribution in [0.3, 0.4) is 0 Å². The maximum Gasteiger partial charge on any atom is 0.127 e. The predicted molar refractivity (Wildman–Crippen MR) is 41.1 cm³/mol. The van der Waals surface area contributed by atoms with Crippen LogP contribution in [0.15, 0.2) is 0 Å². The number of hydrogen-bond acceptors (Lipinski definition) is 2. The molecule has 68 valence electrons. The van der Waals surface area contributed by atoms with Gasteiger partial charge in [-0.25, -0.2) is 0 Å². The lowest BCUT2D eigenvalue weighted by molar-refractivity contribution is -0.699. The number of aliphatic carboxylic acids is 1. The Balaban J connectivity index is 1.98. The van der Waals surface area contributed by atoms with E-state index in [1.54, 1.807) is 0 Å². The second-order valence-corrected chi connectivity index (χ2v) is 4.06. The number of carboxylic acid groups (broad SMARTS) is 1. The monoisotopic (exact) mass is 169 g/mol. The number of carbonyl (C=O) groups is 1. The van der Waals surface area contributed by atoms with Gasteiger partial charge in [0.15, 0.2) is 0 Å². The summed E-state index contributed by atoms with van der Waals surface area (Å²) in [6.07, 6.45) is 5.83. The van der Waals surface area contributed by atoms with Gasteiger partial charge in [0.1, 0.15) is 6.04 Å². The first-order valence-corrected chi connectivity index (χ1v) is 4.83. The fourth-order valence-corrected chi connectivity index (χ4v) is 2.66. The fourth-order valence-electron chi connectivity index (χ4n) is 2.66. The van der Waals surface area contributed by atoms with Crippen molar-refractivity contribution in [2.45, 2.75) is 44.2 Å². The van der Waals surface area contributed by atoms with Crippen LogP contribution in [0.5, 0.6) is 0 Å². The molecule has 0 bridgehead atoms. The minimum atomic E-state index is -0.871. The molecular formula is C9H15NO2. The van der Waals surface area contributed by atoms with Crippen LogP contribution in [-0.2, 0) is 4.79 Å². The standard InChI is InChI=1S/C9H15NO2/c11-9(12)8-5-6-3-1-2-4-7(6)10-8/h6-8,10H,1-5H2,(H,11,12)/t6-,7+,8+/m0/s1. The zero-order chi connectivity index (χ0) is 8.55. The second kappa shape index (κ2) is 3.05. The lowest BCUT2D eigenvalue weighted by Crippen LogP contribution is -2.94. The lowest BCUT2D eigenvalue weighted by atomic mass is 9.85. The third kappa shape index (κ3) is 1.33. The highest BCUT2D eigenvalue weighted by molar-refractivity contribution is 5.69. The minimum absolute atomic E-state index is 0.252. The summed E-state index contributed by atoms with van der Waals surface area (Å²) in [7, 11) is 0. The smallest absolute Gasteiger partial charge is 0.127 e. The Morgan fingerprint density at radius 1 is 1.33 bits per heavy atom. The summed E-state index contributed by atoms with van der Waals surface area (Å²) in [6, 6.07) is 0.333. The number of carboxylic acids is 1. The Labute approximate surface area is 72.2 Å². The van der Waals surface area contributed by atoms with E-state index in [4.69, 9.17) is 0 Å². The van der Waals surface area contributed by atoms with Crippen molar-refractivity contribution in [3.8, 4) is 0 Å². The van der Waals surface area contributed by atoms with Crippen molar-refractivity contribution in [2.75, 3.05) is 0 Å². The quantitative estimate of drug-likeness (QED) is 0.526. The van der Waals surface area contributed by atoms with Gasteiger partial charge in [0.05, 0.1) is 12.0 Å². The summed E-state index contributed by atoms with van der Waals surface area (Å²) in [5.74, 6) is -0.217. The molecule has 3 nitrogen and oxygen atoms in total. The second-order valence-electron chi connectivity index (χ2n) is 4.06. The van der Waals surface area contributed by atoms with Gasteiger partial charge in [-0.05, 0) is 19.3 Å². The van der Waals surface area contributed by atoms with E-state index >= 15 is 0 Å². The number of quaternary nitrogens is 1. The highest BCUT2D eigenvalue weighted by Crippen LogP contribution is 2.28. The Bertz CT molecular complexity index is 179. The van der Waals surface area contributed by atoms with E-state index in [2.05, 4.69) is 0 Å². The molecule has 0 aromatic carbocycles. The normalized spacial score (nSPS) is 40.8. The number of nitrogens with two attached hydrogens (primary N) is 1. The van der Waals surface area contributed by atoms with Gasteiger partial charge in [-0.1, -0.05) is 6.42 Å². The molecule has 1 aliphatic carbocycles. The molecule has 0 aromatic rings. The summed E-state index contributed by atoms with van der Waals surface area (Å²) in [5, 5.41) is 12.6. The van der Waals surface area contributed by atoms with E-state index in [-0.39, 0.29) is 6.04 Å². The Kier molecular flexibility index (Phi) is 2.05. The Hall–Kier alpha value is -0.570. The highest BCUT2D eigenvalue weighted by Gasteiger charge is 2.39. The molecule has 3 heteroatoms. The third-order valence-corrected chi connectivity index (χ3v) is 3.31. The van der Waals surface area contributed by atoms with Crippen LogP contribution in [0.1, 0.15) is 32.1 Å². The first-order valence-electron chi connectivity index (χ1n) is 4.83. The van der Waals surface area contributed by atoms with Crippen molar-refractivity contribution < 1.29 is 15.2 Å². The Morgan fingerprint density at radius 2 is 2.08 bits per heavy atom. The molecule has 0 aromatic heterocycles. The van der Waals surface area contributed by atoms with E-state index in [1.807, 2.05) is 5.32 Å². The third-order valence-electron chi connectivity index (χ3n) is 3.31. The number of carbonyl (C=O) groups excluding carboxylic acids is 1. The molecule has 2 aliphatic rings. The van der Waals surface area contributed by atoms with Crippen molar-refractivity contribution in [1.82, 2.24) is 0 Å². The minimum Gasteiger partial charge on any atom is -0.544 e. The van der Waals surface area contributed by atoms with Crippen molar-refractivity contribution in [3.05, 3.63) is 0 Å². The van der Waals surface area contributed by atoms with Crippen LogP contribution < -0.4 is 10.4 Å². The van der Waals surface area contributed by atoms with Crippen LogP contribution in [0, 0.1) is 5.92 Å². The van der Waals surface area contributed by atoms with Gasteiger partial charge >= 0.3 is 0 Å².